The average Bonchev–Trinajstić information content (AvgIpc) is 2.81. The van der Waals surface area contributed by atoms with Gasteiger partial charge in [-0.25, -0.2) is 0 Å². The Hall–Kier alpha value is -1.06. The summed E-state index contributed by atoms with van der Waals surface area (Å²) in [4.78, 5) is 4.87. The Morgan fingerprint density at radius 1 is 1.16 bits per heavy atom. The van der Waals surface area contributed by atoms with Gasteiger partial charge in [0.15, 0.2) is 0 Å². The molecule has 2 aliphatic rings. The van der Waals surface area contributed by atoms with E-state index in [0.29, 0.717) is 0 Å². The lowest BCUT2D eigenvalue weighted by Gasteiger charge is -2.26. The summed E-state index contributed by atoms with van der Waals surface area (Å²) in [6.45, 7) is 6.41. The first-order valence-corrected chi connectivity index (χ1v) is 7.46. The molecule has 0 aromatic heterocycles. The molecule has 3 nitrogen and oxygen atoms in total. The fraction of sp³-hybridized carbons (Fsp3) is 0.625. The van der Waals surface area contributed by atoms with Crippen LogP contribution < -0.4 is 4.90 Å². The lowest BCUT2D eigenvalue weighted by Crippen LogP contribution is -2.36. The van der Waals surface area contributed by atoms with E-state index in [9.17, 15) is 0 Å². The molecule has 0 spiro atoms. The summed E-state index contributed by atoms with van der Waals surface area (Å²) in [7, 11) is 2.18. The zero-order valence-corrected chi connectivity index (χ0v) is 11.9. The highest BCUT2D eigenvalue weighted by Crippen LogP contribution is 2.27. The highest BCUT2D eigenvalue weighted by molar-refractivity contribution is 5.58. The minimum atomic E-state index is 0.908. The number of rotatable bonds is 4. The monoisotopic (exact) mass is 260 g/mol. The van der Waals surface area contributed by atoms with Gasteiger partial charge in [-0.15, -0.1) is 0 Å². The molecule has 0 saturated carbocycles. The number of nitrogens with zero attached hydrogens (tertiary/aromatic N) is 2. The fourth-order valence-corrected chi connectivity index (χ4v) is 3.11. The van der Waals surface area contributed by atoms with Crippen molar-refractivity contribution in [1.29, 1.82) is 0 Å². The van der Waals surface area contributed by atoms with E-state index in [0.717, 1.165) is 26.3 Å². The molecule has 1 aromatic rings. The summed E-state index contributed by atoms with van der Waals surface area (Å²) in [5.41, 5.74) is 4.46. The second kappa shape index (κ2) is 5.93. The maximum atomic E-state index is 5.38. The molecule has 1 saturated heterocycles. The third-order valence-corrected chi connectivity index (χ3v) is 4.32. The van der Waals surface area contributed by atoms with Gasteiger partial charge in [0.25, 0.3) is 0 Å². The number of hydrogen-bond donors (Lipinski definition) is 0. The summed E-state index contributed by atoms with van der Waals surface area (Å²) in [5, 5.41) is 0. The van der Waals surface area contributed by atoms with Crippen molar-refractivity contribution in [2.45, 2.75) is 19.3 Å². The molecule has 3 heteroatoms. The maximum absolute atomic E-state index is 5.38. The molecule has 0 radical (unpaired) electrons. The van der Waals surface area contributed by atoms with Gasteiger partial charge in [0, 0.05) is 32.4 Å². The smallest absolute Gasteiger partial charge is 0.0594 e. The van der Waals surface area contributed by atoms with E-state index < -0.39 is 0 Å². The topological polar surface area (TPSA) is 15.7 Å². The predicted octanol–water partition coefficient (Wildman–Crippen LogP) is 1.94. The van der Waals surface area contributed by atoms with E-state index in [4.69, 9.17) is 4.74 Å². The van der Waals surface area contributed by atoms with E-state index in [1.165, 1.54) is 49.2 Å². The summed E-state index contributed by atoms with van der Waals surface area (Å²) >= 11 is 0. The normalized spacial score (nSPS) is 19.7. The van der Waals surface area contributed by atoms with Crippen LogP contribution in [0.25, 0.3) is 0 Å². The molecule has 0 amide bonds. The Kier molecular flexibility index (Phi) is 4.04. The molecular weight excluding hydrogens is 236 g/mol. The molecule has 104 valence electrons. The van der Waals surface area contributed by atoms with Gasteiger partial charge in [0.2, 0.25) is 0 Å². The summed E-state index contributed by atoms with van der Waals surface area (Å²) in [6.07, 6.45) is 3.67. The van der Waals surface area contributed by atoms with E-state index >= 15 is 0 Å². The van der Waals surface area contributed by atoms with Crippen LogP contribution in [0.15, 0.2) is 18.2 Å². The van der Waals surface area contributed by atoms with Crippen molar-refractivity contribution >= 4 is 5.69 Å². The number of ether oxygens (including phenoxy) is 1. The lowest BCUT2D eigenvalue weighted by atomic mass is 10.0. The largest absolute Gasteiger partial charge is 0.379 e. The van der Waals surface area contributed by atoms with Gasteiger partial charge >= 0.3 is 0 Å². The van der Waals surface area contributed by atoms with Crippen LogP contribution in [0, 0.1) is 0 Å². The van der Waals surface area contributed by atoms with Crippen molar-refractivity contribution in [3.63, 3.8) is 0 Å². The standard InChI is InChI=1S/C16H24N2O/c1-17-8-6-15-13-14(4-5-16(15)17)3-2-7-18-9-11-19-12-10-18/h4-5,13H,2-3,6-12H2,1H3. The Morgan fingerprint density at radius 3 is 2.84 bits per heavy atom. The molecule has 0 unspecified atom stereocenters. The zero-order chi connectivity index (χ0) is 13.1. The van der Waals surface area contributed by atoms with Crippen LogP contribution >= 0.6 is 0 Å². The minimum absolute atomic E-state index is 0.908. The molecular formula is C16H24N2O. The van der Waals surface area contributed by atoms with Gasteiger partial charge in [-0.3, -0.25) is 4.90 Å². The summed E-state index contributed by atoms with van der Waals surface area (Å²) in [5.74, 6) is 0. The molecule has 0 N–H and O–H groups in total. The Balaban J connectivity index is 1.50. The van der Waals surface area contributed by atoms with Gasteiger partial charge in [-0.05, 0) is 43.0 Å². The van der Waals surface area contributed by atoms with Crippen LogP contribution in [0.1, 0.15) is 17.5 Å². The zero-order valence-electron chi connectivity index (χ0n) is 11.9. The minimum Gasteiger partial charge on any atom is -0.379 e. The van der Waals surface area contributed by atoms with E-state index in [1.807, 2.05) is 0 Å². The van der Waals surface area contributed by atoms with Gasteiger partial charge in [-0.1, -0.05) is 12.1 Å². The molecule has 0 atom stereocenters. The van der Waals surface area contributed by atoms with Crippen LogP contribution in [-0.2, 0) is 17.6 Å². The second-order valence-corrected chi connectivity index (χ2v) is 5.69. The van der Waals surface area contributed by atoms with Gasteiger partial charge in [0.1, 0.15) is 0 Å². The third-order valence-electron chi connectivity index (χ3n) is 4.32. The van der Waals surface area contributed by atoms with Crippen LogP contribution in [0.3, 0.4) is 0 Å². The van der Waals surface area contributed by atoms with Gasteiger partial charge in [0.05, 0.1) is 13.2 Å². The first-order valence-electron chi connectivity index (χ1n) is 7.46. The van der Waals surface area contributed by atoms with Crippen molar-refractivity contribution in [3.8, 4) is 0 Å². The van der Waals surface area contributed by atoms with Gasteiger partial charge in [-0.2, -0.15) is 0 Å². The SMILES string of the molecule is CN1CCc2cc(CCCN3CCOCC3)ccc21. The predicted molar refractivity (Wildman–Crippen MR) is 79.0 cm³/mol. The second-order valence-electron chi connectivity index (χ2n) is 5.69. The lowest BCUT2D eigenvalue weighted by molar-refractivity contribution is 0.0375. The number of morpholine rings is 1. The third kappa shape index (κ3) is 3.10. The number of fused-ring (bicyclic) bond motifs is 1. The Bertz CT molecular complexity index is 427. The summed E-state index contributed by atoms with van der Waals surface area (Å²) < 4.78 is 5.38. The van der Waals surface area contributed by atoms with Crippen molar-refractivity contribution in [1.82, 2.24) is 4.90 Å². The Labute approximate surface area is 116 Å². The van der Waals surface area contributed by atoms with Crippen LogP contribution in [-0.4, -0.2) is 51.3 Å². The highest BCUT2D eigenvalue weighted by Gasteiger charge is 2.15. The number of hydrogen-bond acceptors (Lipinski definition) is 3. The highest BCUT2D eigenvalue weighted by atomic mass is 16.5. The number of benzene rings is 1. The first kappa shape index (κ1) is 12.9. The molecule has 3 rings (SSSR count). The van der Waals surface area contributed by atoms with E-state index in [1.54, 1.807) is 0 Å². The van der Waals surface area contributed by atoms with Crippen molar-refractivity contribution in [2.75, 3.05) is 51.3 Å². The molecule has 0 aliphatic carbocycles. The van der Waals surface area contributed by atoms with Crippen LogP contribution in [0.4, 0.5) is 5.69 Å². The van der Waals surface area contributed by atoms with Crippen molar-refractivity contribution < 1.29 is 4.74 Å². The average molecular weight is 260 g/mol. The molecule has 0 bridgehead atoms. The molecule has 2 heterocycles. The molecule has 1 aromatic carbocycles. The van der Waals surface area contributed by atoms with Crippen LogP contribution in [0.5, 0.6) is 0 Å². The number of anilines is 1. The number of aryl methyl sites for hydroxylation is 1. The molecule has 2 aliphatic heterocycles. The van der Waals surface area contributed by atoms with Crippen LogP contribution in [0.2, 0.25) is 0 Å². The van der Waals surface area contributed by atoms with Gasteiger partial charge < -0.3 is 9.64 Å². The Morgan fingerprint density at radius 2 is 2.00 bits per heavy atom. The molecule has 1 fully saturated rings. The van der Waals surface area contributed by atoms with Crippen molar-refractivity contribution in [3.05, 3.63) is 29.3 Å². The van der Waals surface area contributed by atoms with E-state index in [-0.39, 0.29) is 0 Å². The fourth-order valence-electron chi connectivity index (χ4n) is 3.11. The first-order chi connectivity index (χ1) is 9.33. The van der Waals surface area contributed by atoms with E-state index in [2.05, 4.69) is 35.0 Å². The summed E-state index contributed by atoms with van der Waals surface area (Å²) in [6, 6.07) is 7.02. The maximum Gasteiger partial charge on any atom is 0.0594 e. The molecule has 19 heavy (non-hydrogen) atoms. The number of likely N-dealkylation sites (N-methyl/N-ethyl adjacent to an activating group) is 1. The van der Waals surface area contributed by atoms with Crippen molar-refractivity contribution in [2.24, 2.45) is 0 Å². The quantitative estimate of drug-likeness (QED) is 0.823.